The summed E-state index contributed by atoms with van der Waals surface area (Å²) in [7, 11) is 0. The van der Waals surface area contributed by atoms with Crippen molar-refractivity contribution in [3.63, 3.8) is 0 Å². The van der Waals surface area contributed by atoms with E-state index >= 15 is 0 Å². The number of ether oxygens (including phenoxy) is 1. The highest BCUT2D eigenvalue weighted by Gasteiger charge is 2.33. The summed E-state index contributed by atoms with van der Waals surface area (Å²) in [4.78, 5) is 24.7. The van der Waals surface area contributed by atoms with E-state index in [0.717, 1.165) is 38.5 Å². The fourth-order valence-electron chi connectivity index (χ4n) is 2.55. The zero-order valence-corrected chi connectivity index (χ0v) is 13.9. The van der Waals surface area contributed by atoms with Gasteiger partial charge in [0.05, 0.1) is 12.0 Å². The molecule has 2 atom stereocenters. The molecule has 2 unspecified atom stereocenters. The molecular weight excluding hydrogens is 252 g/mol. The van der Waals surface area contributed by atoms with E-state index in [-0.39, 0.29) is 29.7 Å². The van der Waals surface area contributed by atoms with Crippen molar-refractivity contribution in [1.29, 1.82) is 0 Å². The number of esters is 1. The van der Waals surface area contributed by atoms with E-state index in [9.17, 15) is 9.59 Å². The standard InChI is InChI=1S/C17H32O3/c1-6-9-12-16(18)14(10-7-2)15(11-8-3)17(19)20-13(4)5/h13-15H,6-12H2,1-5H3. The predicted octanol–water partition coefficient (Wildman–Crippen LogP) is 4.53. The van der Waals surface area contributed by atoms with Crippen molar-refractivity contribution in [2.45, 2.75) is 85.7 Å². The van der Waals surface area contributed by atoms with Crippen LogP contribution in [-0.4, -0.2) is 17.9 Å². The lowest BCUT2D eigenvalue weighted by Gasteiger charge is -2.25. The molecular formula is C17H32O3. The number of carbonyl (C=O) groups is 2. The van der Waals surface area contributed by atoms with Crippen LogP contribution < -0.4 is 0 Å². The molecule has 0 aromatic heterocycles. The number of hydrogen-bond acceptors (Lipinski definition) is 3. The molecule has 20 heavy (non-hydrogen) atoms. The molecule has 0 amide bonds. The maximum Gasteiger partial charge on any atom is 0.309 e. The van der Waals surface area contributed by atoms with Gasteiger partial charge in [-0.05, 0) is 33.1 Å². The van der Waals surface area contributed by atoms with Gasteiger partial charge in [-0.2, -0.15) is 0 Å². The molecule has 0 aliphatic heterocycles. The van der Waals surface area contributed by atoms with Gasteiger partial charge in [-0.1, -0.05) is 40.0 Å². The summed E-state index contributed by atoms with van der Waals surface area (Å²) in [5, 5.41) is 0. The summed E-state index contributed by atoms with van der Waals surface area (Å²) in [5.74, 6) is -0.359. The summed E-state index contributed by atoms with van der Waals surface area (Å²) in [6.45, 7) is 9.91. The number of ketones is 1. The first-order chi connectivity index (χ1) is 9.47. The maximum absolute atomic E-state index is 12.4. The Morgan fingerprint density at radius 2 is 1.45 bits per heavy atom. The monoisotopic (exact) mass is 284 g/mol. The summed E-state index contributed by atoms with van der Waals surface area (Å²) in [5.41, 5.74) is 0. The van der Waals surface area contributed by atoms with Crippen LogP contribution in [-0.2, 0) is 14.3 Å². The molecule has 118 valence electrons. The fourth-order valence-corrected chi connectivity index (χ4v) is 2.55. The molecule has 0 spiro atoms. The second-order valence-electron chi connectivity index (χ2n) is 5.85. The quantitative estimate of drug-likeness (QED) is 0.523. The molecule has 0 rings (SSSR count). The topological polar surface area (TPSA) is 43.4 Å². The minimum atomic E-state index is -0.258. The molecule has 0 saturated heterocycles. The highest BCUT2D eigenvalue weighted by molar-refractivity contribution is 5.86. The molecule has 0 aliphatic carbocycles. The minimum Gasteiger partial charge on any atom is -0.463 e. The molecule has 3 heteroatoms. The van der Waals surface area contributed by atoms with Crippen molar-refractivity contribution >= 4 is 11.8 Å². The van der Waals surface area contributed by atoms with Crippen LogP contribution in [0.15, 0.2) is 0 Å². The van der Waals surface area contributed by atoms with Gasteiger partial charge in [0.2, 0.25) is 0 Å². The molecule has 0 fully saturated rings. The van der Waals surface area contributed by atoms with Gasteiger partial charge in [-0.25, -0.2) is 0 Å². The molecule has 0 bridgehead atoms. The summed E-state index contributed by atoms with van der Waals surface area (Å²) in [6.07, 6.45) is 5.77. The SMILES string of the molecule is CCCCC(=O)C(CCC)C(CCC)C(=O)OC(C)C. The lowest BCUT2D eigenvalue weighted by molar-refractivity contribution is -0.157. The van der Waals surface area contributed by atoms with Gasteiger partial charge < -0.3 is 4.74 Å². The number of hydrogen-bond donors (Lipinski definition) is 0. The fraction of sp³-hybridized carbons (Fsp3) is 0.882. The molecule has 0 N–H and O–H groups in total. The first kappa shape index (κ1) is 19.1. The third-order valence-electron chi connectivity index (χ3n) is 3.53. The van der Waals surface area contributed by atoms with Crippen molar-refractivity contribution in [2.75, 3.05) is 0 Å². The zero-order valence-electron chi connectivity index (χ0n) is 13.9. The molecule has 0 saturated carbocycles. The van der Waals surface area contributed by atoms with Crippen LogP contribution in [0.3, 0.4) is 0 Å². The van der Waals surface area contributed by atoms with Crippen molar-refractivity contribution < 1.29 is 14.3 Å². The Morgan fingerprint density at radius 1 is 0.900 bits per heavy atom. The number of rotatable bonds is 11. The van der Waals surface area contributed by atoms with Crippen molar-refractivity contribution in [1.82, 2.24) is 0 Å². The Balaban J connectivity index is 4.91. The van der Waals surface area contributed by atoms with E-state index in [1.807, 2.05) is 13.8 Å². The van der Waals surface area contributed by atoms with E-state index in [1.54, 1.807) is 0 Å². The van der Waals surface area contributed by atoms with E-state index in [1.165, 1.54) is 0 Å². The van der Waals surface area contributed by atoms with Crippen LogP contribution in [0.4, 0.5) is 0 Å². The number of unbranched alkanes of at least 4 members (excludes halogenated alkanes) is 1. The Hall–Kier alpha value is -0.860. The van der Waals surface area contributed by atoms with Crippen molar-refractivity contribution in [3.05, 3.63) is 0 Å². The smallest absolute Gasteiger partial charge is 0.309 e. The zero-order chi connectivity index (χ0) is 15.5. The first-order valence-electron chi connectivity index (χ1n) is 8.20. The summed E-state index contributed by atoms with van der Waals surface area (Å²) >= 11 is 0. The Bertz CT molecular complexity index is 284. The van der Waals surface area contributed by atoms with Crippen LogP contribution in [0.2, 0.25) is 0 Å². The second-order valence-corrected chi connectivity index (χ2v) is 5.85. The highest BCUT2D eigenvalue weighted by atomic mass is 16.5. The van der Waals surface area contributed by atoms with Crippen LogP contribution in [0.5, 0.6) is 0 Å². The lowest BCUT2D eigenvalue weighted by Crippen LogP contribution is -2.32. The van der Waals surface area contributed by atoms with Crippen molar-refractivity contribution in [3.8, 4) is 0 Å². The van der Waals surface area contributed by atoms with Crippen LogP contribution in [0.1, 0.15) is 79.6 Å². The average molecular weight is 284 g/mol. The van der Waals surface area contributed by atoms with Gasteiger partial charge in [0.15, 0.2) is 0 Å². The van der Waals surface area contributed by atoms with E-state index in [2.05, 4.69) is 20.8 Å². The third kappa shape index (κ3) is 7.06. The van der Waals surface area contributed by atoms with E-state index in [0.29, 0.717) is 6.42 Å². The van der Waals surface area contributed by atoms with Crippen molar-refractivity contribution in [2.24, 2.45) is 11.8 Å². The van der Waals surface area contributed by atoms with Crippen LogP contribution >= 0.6 is 0 Å². The first-order valence-corrected chi connectivity index (χ1v) is 8.20. The average Bonchev–Trinajstić information content (AvgIpc) is 2.39. The molecule has 0 aromatic carbocycles. The largest absolute Gasteiger partial charge is 0.463 e. The summed E-state index contributed by atoms with van der Waals surface area (Å²) < 4.78 is 5.36. The highest BCUT2D eigenvalue weighted by Crippen LogP contribution is 2.27. The van der Waals surface area contributed by atoms with Gasteiger partial charge in [0, 0.05) is 12.3 Å². The Labute approximate surface area is 124 Å². The Kier molecular flexibility index (Phi) is 10.4. The second kappa shape index (κ2) is 10.9. The van der Waals surface area contributed by atoms with E-state index in [4.69, 9.17) is 4.74 Å². The maximum atomic E-state index is 12.4. The van der Waals surface area contributed by atoms with E-state index < -0.39 is 0 Å². The number of Topliss-reactive ketones (excluding diaryl/α,β-unsaturated/α-hetero) is 1. The molecule has 0 radical (unpaired) electrons. The summed E-state index contributed by atoms with van der Waals surface area (Å²) in [6, 6.07) is 0. The van der Waals surface area contributed by atoms with Gasteiger partial charge in [0.25, 0.3) is 0 Å². The normalized spacial score (nSPS) is 14.1. The Morgan fingerprint density at radius 3 is 1.90 bits per heavy atom. The molecule has 3 nitrogen and oxygen atoms in total. The third-order valence-corrected chi connectivity index (χ3v) is 3.53. The van der Waals surface area contributed by atoms with Gasteiger partial charge in [0.1, 0.15) is 5.78 Å². The molecule has 0 aromatic rings. The predicted molar refractivity (Wildman–Crippen MR) is 82.6 cm³/mol. The van der Waals surface area contributed by atoms with Gasteiger partial charge in [-0.15, -0.1) is 0 Å². The lowest BCUT2D eigenvalue weighted by atomic mass is 9.81. The van der Waals surface area contributed by atoms with Gasteiger partial charge >= 0.3 is 5.97 Å². The van der Waals surface area contributed by atoms with Crippen LogP contribution in [0.25, 0.3) is 0 Å². The minimum absolute atomic E-state index is 0.116. The van der Waals surface area contributed by atoms with Crippen LogP contribution in [0, 0.1) is 11.8 Å². The number of carbonyl (C=O) groups excluding carboxylic acids is 2. The van der Waals surface area contributed by atoms with Gasteiger partial charge in [-0.3, -0.25) is 9.59 Å². The molecule has 0 aliphatic rings. The molecule has 0 heterocycles.